The minimum Gasteiger partial charge on any atom is -0.497 e. The zero-order valence-corrected chi connectivity index (χ0v) is 12.5. The van der Waals surface area contributed by atoms with Crippen molar-refractivity contribution in [3.8, 4) is 11.5 Å². The van der Waals surface area contributed by atoms with Gasteiger partial charge in [0.25, 0.3) is 0 Å². The summed E-state index contributed by atoms with van der Waals surface area (Å²) in [6.45, 7) is 4.00. The van der Waals surface area contributed by atoms with Gasteiger partial charge in [0.15, 0.2) is 5.78 Å². The third kappa shape index (κ3) is 2.40. The van der Waals surface area contributed by atoms with Crippen molar-refractivity contribution in [2.24, 2.45) is 0 Å². The van der Waals surface area contributed by atoms with Gasteiger partial charge in [-0.15, -0.1) is 0 Å². The van der Waals surface area contributed by atoms with Gasteiger partial charge in [0.2, 0.25) is 0 Å². The summed E-state index contributed by atoms with van der Waals surface area (Å²) in [7, 11) is 1.59. The van der Waals surface area contributed by atoms with E-state index in [1.54, 1.807) is 19.2 Å². The smallest absolute Gasteiger partial charge is 0.171 e. The van der Waals surface area contributed by atoms with E-state index in [4.69, 9.17) is 9.47 Å². The van der Waals surface area contributed by atoms with E-state index >= 15 is 0 Å². The molecule has 0 bridgehead atoms. The summed E-state index contributed by atoms with van der Waals surface area (Å²) in [6, 6.07) is 13.5. The molecular formula is C18H18O3. The van der Waals surface area contributed by atoms with Crippen molar-refractivity contribution in [1.82, 2.24) is 0 Å². The highest BCUT2D eigenvalue weighted by Crippen LogP contribution is 2.40. The molecule has 2 aromatic rings. The van der Waals surface area contributed by atoms with E-state index in [1.165, 1.54) is 0 Å². The average molecular weight is 282 g/mol. The maximum absolute atomic E-state index is 12.5. The summed E-state index contributed by atoms with van der Waals surface area (Å²) >= 11 is 0. The van der Waals surface area contributed by atoms with E-state index in [-0.39, 0.29) is 5.78 Å². The minimum atomic E-state index is -0.620. The number of rotatable bonds is 2. The van der Waals surface area contributed by atoms with Crippen LogP contribution in [0, 0.1) is 6.92 Å². The van der Waals surface area contributed by atoms with E-state index in [1.807, 2.05) is 38.1 Å². The van der Waals surface area contributed by atoms with Crippen LogP contribution >= 0.6 is 0 Å². The molecule has 2 aromatic carbocycles. The first-order valence-electron chi connectivity index (χ1n) is 6.99. The lowest BCUT2D eigenvalue weighted by Crippen LogP contribution is -2.36. The highest BCUT2D eigenvalue weighted by Gasteiger charge is 2.38. The quantitative estimate of drug-likeness (QED) is 0.838. The summed E-state index contributed by atoms with van der Waals surface area (Å²) in [5.74, 6) is 1.38. The summed E-state index contributed by atoms with van der Waals surface area (Å²) in [5.41, 5.74) is 2.16. The third-order valence-corrected chi connectivity index (χ3v) is 3.95. The lowest BCUT2D eigenvalue weighted by atomic mass is 9.85. The second-order valence-electron chi connectivity index (χ2n) is 5.66. The monoisotopic (exact) mass is 282 g/mol. The molecule has 3 nitrogen and oxygen atoms in total. The van der Waals surface area contributed by atoms with Crippen LogP contribution in [-0.2, 0) is 5.60 Å². The molecule has 1 atom stereocenters. The molecule has 0 N–H and O–H groups in total. The van der Waals surface area contributed by atoms with Gasteiger partial charge < -0.3 is 9.47 Å². The number of fused-ring (bicyclic) bond motifs is 1. The van der Waals surface area contributed by atoms with Crippen molar-refractivity contribution in [3.05, 3.63) is 59.2 Å². The maximum atomic E-state index is 12.5. The SMILES string of the molecule is COc1ccc2c(c1)C(=O)CC(C)(c1cccc(C)c1)O2. The largest absolute Gasteiger partial charge is 0.497 e. The number of carbonyl (C=O) groups excluding carboxylic acids is 1. The molecule has 108 valence electrons. The van der Waals surface area contributed by atoms with Crippen molar-refractivity contribution in [3.63, 3.8) is 0 Å². The first-order valence-corrected chi connectivity index (χ1v) is 6.99. The normalized spacial score (nSPS) is 20.6. The first-order chi connectivity index (χ1) is 10.0. The lowest BCUT2D eigenvalue weighted by molar-refractivity contribution is 0.0502. The van der Waals surface area contributed by atoms with E-state index in [2.05, 4.69) is 6.07 Å². The fourth-order valence-electron chi connectivity index (χ4n) is 2.76. The number of carbonyl (C=O) groups is 1. The highest BCUT2D eigenvalue weighted by atomic mass is 16.5. The lowest BCUT2D eigenvalue weighted by Gasteiger charge is -2.35. The van der Waals surface area contributed by atoms with Crippen molar-refractivity contribution in [1.29, 1.82) is 0 Å². The molecule has 3 heteroatoms. The number of hydrogen-bond acceptors (Lipinski definition) is 3. The number of benzene rings is 2. The molecular weight excluding hydrogens is 264 g/mol. The second-order valence-corrected chi connectivity index (χ2v) is 5.66. The van der Waals surface area contributed by atoms with Crippen LogP contribution < -0.4 is 9.47 Å². The third-order valence-electron chi connectivity index (χ3n) is 3.95. The van der Waals surface area contributed by atoms with Crippen molar-refractivity contribution < 1.29 is 14.3 Å². The first kappa shape index (κ1) is 13.7. The van der Waals surface area contributed by atoms with E-state index < -0.39 is 5.60 Å². The second kappa shape index (κ2) is 4.92. The molecule has 0 saturated carbocycles. The average Bonchev–Trinajstić information content (AvgIpc) is 2.47. The summed E-state index contributed by atoms with van der Waals surface area (Å²) in [6.07, 6.45) is 0.330. The van der Waals surface area contributed by atoms with Crippen LogP contribution in [0.1, 0.15) is 34.8 Å². The fourth-order valence-corrected chi connectivity index (χ4v) is 2.76. The van der Waals surface area contributed by atoms with Gasteiger partial charge in [-0.05, 0) is 37.6 Å². The number of hydrogen-bond donors (Lipinski definition) is 0. The Hall–Kier alpha value is -2.29. The summed E-state index contributed by atoms with van der Waals surface area (Å²) in [5, 5.41) is 0. The van der Waals surface area contributed by atoms with Crippen molar-refractivity contribution >= 4 is 5.78 Å². The Labute approximate surface area is 124 Å². The Bertz CT molecular complexity index is 705. The van der Waals surface area contributed by atoms with Crippen LogP contribution in [0.3, 0.4) is 0 Å². The topological polar surface area (TPSA) is 35.5 Å². The Morgan fingerprint density at radius 3 is 2.71 bits per heavy atom. The van der Waals surface area contributed by atoms with Gasteiger partial charge in [-0.3, -0.25) is 4.79 Å². The van der Waals surface area contributed by atoms with Gasteiger partial charge in [0.1, 0.15) is 17.1 Å². The van der Waals surface area contributed by atoms with Gasteiger partial charge >= 0.3 is 0 Å². The highest BCUT2D eigenvalue weighted by molar-refractivity contribution is 6.00. The molecule has 0 amide bonds. The molecule has 1 aliphatic rings. The number of ether oxygens (including phenoxy) is 2. The van der Waals surface area contributed by atoms with Crippen LogP contribution in [0.4, 0.5) is 0 Å². The Morgan fingerprint density at radius 2 is 2.00 bits per heavy atom. The van der Waals surface area contributed by atoms with Gasteiger partial charge in [0.05, 0.1) is 19.1 Å². The number of ketones is 1. The Kier molecular flexibility index (Phi) is 3.20. The minimum absolute atomic E-state index is 0.0826. The molecule has 21 heavy (non-hydrogen) atoms. The van der Waals surface area contributed by atoms with Crippen LogP contribution in [0.2, 0.25) is 0 Å². The van der Waals surface area contributed by atoms with Crippen molar-refractivity contribution in [2.45, 2.75) is 25.9 Å². The molecule has 1 aliphatic heterocycles. The van der Waals surface area contributed by atoms with E-state index in [9.17, 15) is 4.79 Å². The Balaban J connectivity index is 2.03. The number of aryl methyl sites for hydroxylation is 1. The van der Waals surface area contributed by atoms with E-state index in [0.29, 0.717) is 23.5 Å². The molecule has 1 unspecified atom stereocenters. The van der Waals surface area contributed by atoms with Gasteiger partial charge in [0, 0.05) is 0 Å². The molecule has 0 radical (unpaired) electrons. The van der Waals surface area contributed by atoms with Gasteiger partial charge in [-0.1, -0.05) is 29.8 Å². The van der Waals surface area contributed by atoms with Crippen LogP contribution in [0.5, 0.6) is 11.5 Å². The maximum Gasteiger partial charge on any atom is 0.171 e. The number of methoxy groups -OCH3 is 1. The molecule has 0 fully saturated rings. The molecule has 1 heterocycles. The predicted octanol–water partition coefficient (Wildman–Crippen LogP) is 3.88. The van der Waals surface area contributed by atoms with Crippen LogP contribution in [0.15, 0.2) is 42.5 Å². The standard InChI is InChI=1S/C18H18O3/c1-12-5-4-6-13(9-12)18(2)11-16(19)15-10-14(20-3)7-8-17(15)21-18/h4-10H,11H2,1-3H3. The molecule has 0 saturated heterocycles. The number of Topliss-reactive ketones (excluding diaryl/α,β-unsaturated/α-hetero) is 1. The van der Waals surface area contributed by atoms with E-state index in [0.717, 1.165) is 11.1 Å². The zero-order chi connectivity index (χ0) is 15.0. The molecule has 0 spiro atoms. The molecule has 3 rings (SSSR count). The summed E-state index contributed by atoms with van der Waals surface area (Å²) < 4.78 is 11.3. The van der Waals surface area contributed by atoms with Gasteiger partial charge in [-0.25, -0.2) is 0 Å². The van der Waals surface area contributed by atoms with Crippen molar-refractivity contribution in [2.75, 3.05) is 7.11 Å². The molecule has 0 aliphatic carbocycles. The fraction of sp³-hybridized carbons (Fsp3) is 0.278. The predicted molar refractivity (Wildman–Crippen MR) is 81.1 cm³/mol. The van der Waals surface area contributed by atoms with Gasteiger partial charge in [-0.2, -0.15) is 0 Å². The molecule has 0 aromatic heterocycles. The zero-order valence-electron chi connectivity index (χ0n) is 12.5. The van der Waals surface area contributed by atoms with Crippen LogP contribution in [-0.4, -0.2) is 12.9 Å². The summed E-state index contributed by atoms with van der Waals surface area (Å²) in [4.78, 5) is 12.5. The Morgan fingerprint density at radius 1 is 1.19 bits per heavy atom. The van der Waals surface area contributed by atoms with Crippen LogP contribution in [0.25, 0.3) is 0 Å².